The van der Waals surface area contributed by atoms with Crippen LogP contribution in [0, 0.1) is 0 Å². The Morgan fingerprint density at radius 1 is 0.440 bits per heavy atom. The number of aromatic nitrogens is 1. The number of hydrogen-bond acceptors (Lipinski definition) is 3. The summed E-state index contributed by atoms with van der Waals surface area (Å²) in [7, 11) is 0. The van der Waals surface area contributed by atoms with E-state index >= 15 is 0 Å². The van der Waals surface area contributed by atoms with Gasteiger partial charge in [0, 0.05) is 53.5 Å². The molecule has 0 aliphatic carbocycles. The molecule has 0 radical (unpaired) electrons. The molecule has 0 saturated heterocycles. The van der Waals surface area contributed by atoms with E-state index in [-0.39, 0.29) is 0 Å². The zero-order chi connectivity index (χ0) is 32.8. The summed E-state index contributed by atoms with van der Waals surface area (Å²) in [4.78, 5) is 2.52. The summed E-state index contributed by atoms with van der Waals surface area (Å²) in [5.41, 5.74) is 8.73. The largest absolute Gasteiger partial charge is 0.455 e. The van der Waals surface area contributed by atoms with Gasteiger partial charge in [-0.3, -0.25) is 0 Å². The third-order valence-electron chi connectivity index (χ3n) is 10.2. The second kappa shape index (κ2) is 10.6. The van der Waals surface area contributed by atoms with Crippen LogP contribution in [0.25, 0.3) is 80.4 Å². The molecule has 3 aromatic heterocycles. The molecule has 0 amide bonds. The standard InChI is InChI=1S/C46H28N2OS/c1-2-14-29(15-3-1)47-37-22-9-6-20-35(37)44-38(47)23-13-24-39(44)48(40-25-12-21-34-32-18-8-11-27-43(32)50-46(34)40)41-28-36-31-17-7-10-26-42(31)49-45(36)33-19-5-4-16-30(33)41/h1-28H. The van der Waals surface area contributed by atoms with E-state index in [4.69, 9.17) is 4.42 Å². The molecule has 234 valence electrons. The van der Waals surface area contributed by atoms with Crippen molar-refractivity contribution in [1.82, 2.24) is 4.57 Å². The molecule has 4 heteroatoms. The van der Waals surface area contributed by atoms with Gasteiger partial charge in [-0.2, -0.15) is 0 Å². The average Bonchev–Trinajstić information content (AvgIpc) is 3.86. The predicted octanol–water partition coefficient (Wildman–Crippen LogP) is 13.7. The Balaban J connectivity index is 1.33. The van der Waals surface area contributed by atoms with Gasteiger partial charge in [0.1, 0.15) is 11.2 Å². The van der Waals surface area contributed by atoms with Crippen molar-refractivity contribution in [2.45, 2.75) is 0 Å². The molecular formula is C46H28N2OS. The van der Waals surface area contributed by atoms with Gasteiger partial charge in [-0.05, 0) is 54.6 Å². The maximum Gasteiger partial charge on any atom is 0.143 e. The molecule has 0 N–H and O–H groups in total. The van der Waals surface area contributed by atoms with Gasteiger partial charge in [0.15, 0.2) is 0 Å². The minimum atomic E-state index is 0.899. The molecule has 0 aliphatic heterocycles. The fourth-order valence-corrected chi connectivity index (χ4v) is 9.26. The summed E-state index contributed by atoms with van der Waals surface area (Å²) in [6, 6.07) is 61.2. The van der Waals surface area contributed by atoms with Crippen LogP contribution in [0.5, 0.6) is 0 Å². The molecule has 0 saturated carbocycles. The molecule has 0 spiro atoms. The molecule has 3 nitrogen and oxygen atoms in total. The van der Waals surface area contributed by atoms with E-state index in [9.17, 15) is 0 Å². The van der Waals surface area contributed by atoms with Crippen LogP contribution >= 0.6 is 11.3 Å². The molecule has 0 fully saturated rings. The van der Waals surface area contributed by atoms with Gasteiger partial charge < -0.3 is 13.9 Å². The fraction of sp³-hybridized carbons (Fsp3) is 0. The van der Waals surface area contributed by atoms with E-state index in [0.717, 1.165) is 55.5 Å². The van der Waals surface area contributed by atoms with Crippen molar-refractivity contribution in [3.05, 3.63) is 170 Å². The van der Waals surface area contributed by atoms with Crippen molar-refractivity contribution < 1.29 is 4.42 Å². The second-order valence-electron chi connectivity index (χ2n) is 12.9. The molecule has 0 aliphatic rings. The van der Waals surface area contributed by atoms with Crippen LogP contribution in [0.2, 0.25) is 0 Å². The Bertz CT molecular complexity index is 3110. The highest BCUT2D eigenvalue weighted by Gasteiger charge is 2.26. The van der Waals surface area contributed by atoms with Gasteiger partial charge in [0.05, 0.1) is 32.8 Å². The van der Waals surface area contributed by atoms with Gasteiger partial charge >= 0.3 is 0 Å². The number of anilines is 3. The number of rotatable bonds is 4. The van der Waals surface area contributed by atoms with Crippen LogP contribution in [0.4, 0.5) is 17.1 Å². The lowest BCUT2D eigenvalue weighted by Crippen LogP contribution is -2.11. The summed E-state index contributed by atoms with van der Waals surface area (Å²) in [5, 5.41) is 9.46. The van der Waals surface area contributed by atoms with Crippen LogP contribution in [-0.2, 0) is 0 Å². The number of nitrogens with zero attached hydrogens (tertiary/aromatic N) is 2. The Kier molecular flexibility index (Phi) is 5.83. The van der Waals surface area contributed by atoms with Crippen molar-refractivity contribution in [3.8, 4) is 5.69 Å². The first kappa shape index (κ1) is 27.6. The second-order valence-corrected chi connectivity index (χ2v) is 13.9. The van der Waals surface area contributed by atoms with Gasteiger partial charge in [-0.15, -0.1) is 11.3 Å². The molecule has 0 atom stereocenters. The Hall–Kier alpha value is -6.36. The first-order valence-corrected chi connectivity index (χ1v) is 17.8. The van der Waals surface area contributed by atoms with Crippen LogP contribution in [0.3, 0.4) is 0 Å². The molecule has 8 aromatic carbocycles. The summed E-state index contributed by atoms with van der Waals surface area (Å²) in [6.45, 7) is 0. The smallest absolute Gasteiger partial charge is 0.143 e. The summed E-state index contributed by atoms with van der Waals surface area (Å²) in [6.07, 6.45) is 0. The van der Waals surface area contributed by atoms with Crippen LogP contribution in [0.1, 0.15) is 0 Å². The highest BCUT2D eigenvalue weighted by atomic mass is 32.1. The van der Waals surface area contributed by atoms with E-state index in [1.54, 1.807) is 0 Å². The fourth-order valence-electron chi connectivity index (χ4n) is 8.05. The Morgan fingerprint density at radius 2 is 1.08 bits per heavy atom. The monoisotopic (exact) mass is 656 g/mol. The predicted molar refractivity (Wildman–Crippen MR) is 213 cm³/mol. The van der Waals surface area contributed by atoms with E-state index in [2.05, 4.69) is 173 Å². The lowest BCUT2D eigenvalue weighted by molar-refractivity contribution is 0.672. The van der Waals surface area contributed by atoms with Crippen molar-refractivity contribution >= 4 is 103 Å². The lowest BCUT2D eigenvalue weighted by atomic mass is 10.0. The quantitative estimate of drug-likeness (QED) is 0.188. The Labute approximate surface area is 291 Å². The normalized spacial score (nSPS) is 12.0. The topological polar surface area (TPSA) is 21.3 Å². The molecule has 11 aromatic rings. The van der Waals surface area contributed by atoms with Crippen molar-refractivity contribution in [2.24, 2.45) is 0 Å². The van der Waals surface area contributed by atoms with Crippen LogP contribution in [-0.4, -0.2) is 4.57 Å². The molecule has 50 heavy (non-hydrogen) atoms. The summed E-state index contributed by atoms with van der Waals surface area (Å²) >= 11 is 1.86. The number of thiophene rings is 1. The van der Waals surface area contributed by atoms with Crippen molar-refractivity contribution in [2.75, 3.05) is 4.90 Å². The van der Waals surface area contributed by atoms with Gasteiger partial charge in [-0.1, -0.05) is 115 Å². The van der Waals surface area contributed by atoms with Crippen LogP contribution < -0.4 is 4.90 Å². The van der Waals surface area contributed by atoms with Gasteiger partial charge in [0.2, 0.25) is 0 Å². The van der Waals surface area contributed by atoms with E-state index in [1.165, 1.54) is 42.0 Å². The lowest BCUT2D eigenvalue weighted by Gasteiger charge is -2.28. The number of furan rings is 1. The zero-order valence-corrected chi connectivity index (χ0v) is 27.7. The minimum absolute atomic E-state index is 0.899. The molecule has 0 bridgehead atoms. The Morgan fingerprint density at radius 3 is 1.96 bits per heavy atom. The van der Waals surface area contributed by atoms with Crippen molar-refractivity contribution in [3.63, 3.8) is 0 Å². The minimum Gasteiger partial charge on any atom is -0.455 e. The highest BCUT2D eigenvalue weighted by Crippen LogP contribution is 2.51. The highest BCUT2D eigenvalue weighted by molar-refractivity contribution is 7.26. The third kappa shape index (κ3) is 3.85. The van der Waals surface area contributed by atoms with Gasteiger partial charge in [-0.25, -0.2) is 0 Å². The first-order chi connectivity index (χ1) is 24.8. The maximum absolute atomic E-state index is 6.58. The number of fused-ring (bicyclic) bond motifs is 11. The molecule has 3 heterocycles. The number of hydrogen-bond donors (Lipinski definition) is 0. The SMILES string of the molecule is c1ccc(-n2c3ccccc3c3c(N(c4cc5c6ccccc6oc5c5ccccc45)c4cccc5c4sc4ccccc45)cccc32)cc1. The van der Waals surface area contributed by atoms with Crippen LogP contribution in [0.15, 0.2) is 174 Å². The zero-order valence-electron chi connectivity index (χ0n) is 26.9. The summed E-state index contributed by atoms with van der Waals surface area (Å²) in [5.74, 6) is 0. The maximum atomic E-state index is 6.58. The van der Waals surface area contributed by atoms with E-state index in [0.29, 0.717) is 0 Å². The van der Waals surface area contributed by atoms with Crippen molar-refractivity contribution in [1.29, 1.82) is 0 Å². The molecular weight excluding hydrogens is 629 g/mol. The molecule has 0 unspecified atom stereocenters. The van der Waals surface area contributed by atoms with E-state index in [1.807, 2.05) is 17.4 Å². The van der Waals surface area contributed by atoms with Gasteiger partial charge in [0.25, 0.3) is 0 Å². The molecule has 11 rings (SSSR count). The summed E-state index contributed by atoms with van der Waals surface area (Å²) < 4.78 is 11.5. The number of para-hydroxylation sites is 3. The first-order valence-electron chi connectivity index (χ1n) is 16.9. The number of benzene rings is 8. The van der Waals surface area contributed by atoms with E-state index < -0.39 is 0 Å². The average molecular weight is 657 g/mol. The third-order valence-corrected chi connectivity index (χ3v) is 11.4.